The van der Waals surface area contributed by atoms with Crippen LogP contribution in [0.15, 0.2) is 9.59 Å². The van der Waals surface area contributed by atoms with E-state index in [1.807, 2.05) is 6.07 Å². The Morgan fingerprint density at radius 3 is 2.25 bits per heavy atom. The summed E-state index contributed by atoms with van der Waals surface area (Å²) < 4.78 is 27.7. The number of hydrogen-bond donors (Lipinski definition) is 2. The molecule has 1 aromatic heterocycles. The van der Waals surface area contributed by atoms with Crippen LogP contribution in [0.5, 0.6) is 0 Å². The standard InChI is InChI=1S/C14H21N5O4S/c1-18-12(9(8-15)13(20)19(2)14(18)21)16-10-6-4-5-7-11(10)17-24(3,22)23/h10-11,16-17H,4-7H2,1-3H3/t10-,11+/m0/s1. The van der Waals surface area contributed by atoms with E-state index in [0.29, 0.717) is 12.8 Å². The number of sulfonamides is 1. The molecule has 0 bridgehead atoms. The van der Waals surface area contributed by atoms with Gasteiger partial charge in [0.05, 0.1) is 6.26 Å². The second kappa shape index (κ2) is 6.78. The number of aromatic nitrogens is 2. The van der Waals surface area contributed by atoms with Crippen LogP contribution in [0.3, 0.4) is 0 Å². The van der Waals surface area contributed by atoms with Crippen molar-refractivity contribution in [3.05, 3.63) is 26.4 Å². The summed E-state index contributed by atoms with van der Waals surface area (Å²) in [6, 6.07) is 1.16. The van der Waals surface area contributed by atoms with Gasteiger partial charge < -0.3 is 5.32 Å². The van der Waals surface area contributed by atoms with Gasteiger partial charge in [0, 0.05) is 26.2 Å². The summed E-state index contributed by atoms with van der Waals surface area (Å²) in [6.07, 6.45) is 4.17. The van der Waals surface area contributed by atoms with Crippen LogP contribution in [-0.2, 0) is 24.1 Å². The molecule has 0 radical (unpaired) electrons. The lowest BCUT2D eigenvalue weighted by Gasteiger charge is -2.33. The molecule has 24 heavy (non-hydrogen) atoms. The summed E-state index contributed by atoms with van der Waals surface area (Å²) in [5.41, 5.74) is -1.39. The van der Waals surface area contributed by atoms with E-state index in [4.69, 9.17) is 0 Å². The number of rotatable bonds is 4. The molecule has 0 unspecified atom stereocenters. The fourth-order valence-electron chi connectivity index (χ4n) is 3.01. The lowest BCUT2D eigenvalue weighted by Crippen LogP contribution is -2.49. The van der Waals surface area contributed by atoms with Gasteiger partial charge in [-0.25, -0.2) is 17.9 Å². The van der Waals surface area contributed by atoms with Crippen LogP contribution in [0.2, 0.25) is 0 Å². The van der Waals surface area contributed by atoms with Crippen molar-refractivity contribution in [1.29, 1.82) is 5.26 Å². The van der Waals surface area contributed by atoms with Crippen molar-refractivity contribution in [3.8, 4) is 6.07 Å². The predicted molar refractivity (Wildman–Crippen MR) is 89.3 cm³/mol. The fraction of sp³-hybridized carbons (Fsp3) is 0.643. The normalized spacial score (nSPS) is 21.2. The minimum Gasteiger partial charge on any atom is -0.366 e. The lowest BCUT2D eigenvalue weighted by atomic mass is 9.91. The average molecular weight is 355 g/mol. The largest absolute Gasteiger partial charge is 0.366 e. The zero-order valence-corrected chi connectivity index (χ0v) is 14.7. The molecule has 10 heteroatoms. The maximum absolute atomic E-state index is 12.1. The monoisotopic (exact) mass is 355 g/mol. The molecule has 2 rings (SSSR count). The molecule has 1 aromatic rings. The molecular weight excluding hydrogens is 334 g/mol. The topological polar surface area (TPSA) is 126 Å². The highest BCUT2D eigenvalue weighted by molar-refractivity contribution is 7.88. The van der Waals surface area contributed by atoms with Gasteiger partial charge in [-0.1, -0.05) is 12.8 Å². The van der Waals surface area contributed by atoms with Gasteiger partial charge in [0.15, 0.2) is 5.56 Å². The highest BCUT2D eigenvalue weighted by Gasteiger charge is 2.29. The van der Waals surface area contributed by atoms with E-state index >= 15 is 0 Å². The molecule has 0 aromatic carbocycles. The van der Waals surface area contributed by atoms with Gasteiger partial charge in [0.1, 0.15) is 11.9 Å². The number of nitrogens with zero attached hydrogens (tertiary/aromatic N) is 3. The average Bonchev–Trinajstić information content (AvgIpc) is 2.51. The van der Waals surface area contributed by atoms with Gasteiger partial charge in [-0.15, -0.1) is 0 Å². The molecule has 1 heterocycles. The first-order chi connectivity index (χ1) is 11.2. The third-order valence-electron chi connectivity index (χ3n) is 4.23. The van der Waals surface area contributed by atoms with Gasteiger partial charge in [0.25, 0.3) is 5.56 Å². The maximum atomic E-state index is 12.1. The molecule has 1 fully saturated rings. The lowest BCUT2D eigenvalue weighted by molar-refractivity contribution is 0.377. The summed E-state index contributed by atoms with van der Waals surface area (Å²) in [4.78, 5) is 24.2. The van der Waals surface area contributed by atoms with Crippen LogP contribution in [0.25, 0.3) is 0 Å². The van der Waals surface area contributed by atoms with Crippen molar-refractivity contribution in [2.75, 3.05) is 11.6 Å². The van der Waals surface area contributed by atoms with E-state index in [1.165, 1.54) is 18.7 Å². The second-order valence-electron chi connectivity index (χ2n) is 6.07. The summed E-state index contributed by atoms with van der Waals surface area (Å²) in [7, 11) is -0.613. The molecule has 0 saturated heterocycles. The van der Waals surface area contributed by atoms with Crippen molar-refractivity contribution >= 4 is 15.8 Å². The molecule has 2 N–H and O–H groups in total. The molecule has 132 valence electrons. The molecule has 2 atom stereocenters. The van der Waals surface area contributed by atoms with Gasteiger partial charge in [-0.3, -0.25) is 13.9 Å². The summed E-state index contributed by atoms with van der Waals surface area (Å²) in [5, 5.41) is 12.3. The summed E-state index contributed by atoms with van der Waals surface area (Å²) >= 11 is 0. The van der Waals surface area contributed by atoms with E-state index in [0.717, 1.165) is 23.7 Å². The number of nitriles is 1. The van der Waals surface area contributed by atoms with Gasteiger partial charge in [0.2, 0.25) is 10.0 Å². The van der Waals surface area contributed by atoms with Crippen molar-refractivity contribution in [1.82, 2.24) is 13.9 Å². The zero-order valence-electron chi connectivity index (χ0n) is 13.9. The Morgan fingerprint density at radius 1 is 1.12 bits per heavy atom. The van der Waals surface area contributed by atoms with Crippen molar-refractivity contribution in [2.45, 2.75) is 37.8 Å². The zero-order chi connectivity index (χ0) is 18.1. The first kappa shape index (κ1) is 18.2. The minimum absolute atomic E-state index is 0.123. The van der Waals surface area contributed by atoms with Crippen LogP contribution >= 0.6 is 0 Å². The van der Waals surface area contributed by atoms with E-state index in [1.54, 1.807) is 0 Å². The second-order valence-corrected chi connectivity index (χ2v) is 7.85. The van der Waals surface area contributed by atoms with Gasteiger partial charge in [-0.05, 0) is 12.8 Å². The Balaban J connectivity index is 2.44. The first-order valence-electron chi connectivity index (χ1n) is 7.59. The minimum atomic E-state index is -3.39. The van der Waals surface area contributed by atoms with Crippen LogP contribution in [0.1, 0.15) is 31.2 Å². The number of anilines is 1. The van der Waals surface area contributed by atoms with Crippen LogP contribution in [0.4, 0.5) is 5.82 Å². The number of hydrogen-bond acceptors (Lipinski definition) is 6. The summed E-state index contributed by atoms with van der Waals surface area (Å²) in [5.74, 6) is 0.123. The van der Waals surface area contributed by atoms with Crippen LogP contribution < -0.4 is 21.3 Å². The molecule has 0 spiro atoms. The Hall–Kier alpha value is -2.12. The van der Waals surface area contributed by atoms with E-state index in [9.17, 15) is 23.3 Å². The molecule has 1 aliphatic rings. The van der Waals surface area contributed by atoms with Crippen molar-refractivity contribution in [3.63, 3.8) is 0 Å². The smallest absolute Gasteiger partial charge is 0.332 e. The first-order valence-corrected chi connectivity index (χ1v) is 9.49. The third-order valence-corrected chi connectivity index (χ3v) is 4.96. The van der Waals surface area contributed by atoms with Gasteiger partial charge in [-0.2, -0.15) is 5.26 Å². The molecule has 1 aliphatic carbocycles. The fourth-order valence-corrected chi connectivity index (χ4v) is 3.84. The highest BCUT2D eigenvalue weighted by atomic mass is 32.2. The van der Waals surface area contributed by atoms with E-state index in [-0.39, 0.29) is 23.5 Å². The van der Waals surface area contributed by atoms with Crippen LogP contribution in [-0.4, -0.2) is 35.9 Å². The highest BCUT2D eigenvalue weighted by Crippen LogP contribution is 2.23. The molecular formula is C14H21N5O4S. The third kappa shape index (κ3) is 3.68. The predicted octanol–water partition coefficient (Wildman–Crippen LogP) is -0.772. The van der Waals surface area contributed by atoms with Gasteiger partial charge >= 0.3 is 5.69 Å². The van der Waals surface area contributed by atoms with Crippen molar-refractivity contribution in [2.24, 2.45) is 14.1 Å². The Morgan fingerprint density at radius 2 is 1.71 bits per heavy atom. The number of nitrogens with one attached hydrogen (secondary N) is 2. The molecule has 0 aliphatic heterocycles. The van der Waals surface area contributed by atoms with Crippen LogP contribution in [0, 0.1) is 11.3 Å². The quantitative estimate of drug-likeness (QED) is 0.730. The molecule has 9 nitrogen and oxygen atoms in total. The van der Waals surface area contributed by atoms with Crippen molar-refractivity contribution < 1.29 is 8.42 Å². The Labute approximate surface area is 140 Å². The molecule has 0 amide bonds. The Bertz CT molecular complexity index is 893. The SMILES string of the molecule is Cn1c(N[C@H]2CCCC[C@H]2NS(C)(=O)=O)c(C#N)c(=O)n(C)c1=O. The van der Waals surface area contributed by atoms with E-state index in [2.05, 4.69) is 10.0 Å². The maximum Gasteiger partial charge on any atom is 0.332 e. The molecule has 1 saturated carbocycles. The Kier molecular flexibility index (Phi) is 5.15. The van der Waals surface area contributed by atoms with E-state index < -0.39 is 21.3 Å². The summed E-state index contributed by atoms with van der Waals surface area (Å²) in [6.45, 7) is 0.